The minimum Gasteiger partial charge on any atom is -0.481 e. The van der Waals surface area contributed by atoms with Crippen LogP contribution in [0.5, 0.6) is 0 Å². The molecule has 0 atom stereocenters. The fourth-order valence-electron chi connectivity index (χ4n) is 1.77. The number of hydrogen-bond acceptors (Lipinski definition) is 1. The number of rotatable bonds is 2. The van der Waals surface area contributed by atoms with Crippen LogP contribution in [0, 0.1) is 0 Å². The Kier molecular flexibility index (Phi) is 2.52. The minimum atomic E-state index is -0.807. The van der Waals surface area contributed by atoms with E-state index in [2.05, 4.69) is 15.9 Å². The van der Waals surface area contributed by atoms with Gasteiger partial charge in [-0.2, -0.15) is 0 Å². The SMILES string of the molecule is Cn1cc(Br)c2c(CC(=O)O)cccc21. The number of carboxylic acid groups (broad SMARTS) is 1. The number of aliphatic carboxylic acids is 1. The van der Waals surface area contributed by atoms with E-state index in [1.54, 1.807) is 0 Å². The highest BCUT2D eigenvalue weighted by atomic mass is 79.9. The fourth-order valence-corrected chi connectivity index (χ4v) is 2.54. The first-order valence-corrected chi connectivity index (χ1v) is 5.33. The number of benzene rings is 1. The zero-order valence-electron chi connectivity index (χ0n) is 8.20. The highest BCUT2D eigenvalue weighted by molar-refractivity contribution is 9.10. The average Bonchev–Trinajstić information content (AvgIpc) is 2.43. The van der Waals surface area contributed by atoms with Crippen LogP contribution in [0.3, 0.4) is 0 Å². The average molecular weight is 268 g/mol. The molecule has 0 aliphatic heterocycles. The van der Waals surface area contributed by atoms with Gasteiger partial charge in [0.2, 0.25) is 0 Å². The van der Waals surface area contributed by atoms with Gasteiger partial charge in [-0.25, -0.2) is 0 Å². The van der Waals surface area contributed by atoms with Crippen LogP contribution in [0.25, 0.3) is 10.9 Å². The molecule has 0 bridgehead atoms. The lowest BCUT2D eigenvalue weighted by atomic mass is 10.1. The van der Waals surface area contributed by atoms with Gasteiger partial charge in [-0.05, 0) is 27.6 Å². The van der Waals surface area contributed by atoms with E-state index in [1.807, 2.05) is 36.0 Å². The number of carbonyl (C=O) groups is 1. The van der Waals surface area contributed by atoms with Crippen molar-refractivity contribution in [1.82, 2.24) is 4.57 Å². The summed E-state index contributed by atoms with van der Waals surface area (Å²) in [5, 5.41) is 9.79. The van der Waals surface area contributed by atoms with Crippen LogP contribution in [0.15, 0.2) is 28.9 Å². The van der Waals surface area contributed by atoms with Crippen LogP contribution >= 0.6 is 15.9 Å². The molecule has 2 rings (SSSR count). The molecule has 78 valence electrons. The van der Waals surface area contributed by atoms with E-state index in [1.165, 1.54) is 0 Å². The standard InChI is InChI=1S/C11H10BrNO2/c1-13-6-8(12)11-7(5-10(14)15)3-2-4-9(11)13/h2-4,6H,5H2,1H3,(H,14,15). The number of aryl methyl sites for hydroxylation is 1. The van der Waals surface area contributed by atoms with E-state index in [9.17, 15) is 4.79 Å². The maximum Gasteiger partial charge on any atom is 0.307 e. The van der Waals surface area contributed by atoms with Crippen molar-refractivity contribution in [2.24, 2.45) is 7.05 Å². The molecule has 1 aromatic heterocycles. The second-order valence-electron chi connectivity index (χ2n) is 3.47. The predicted octanol–water partition coefficient (Wildman–Crippen LogP) is 2.57. The first-order chi connectivity index (χ1) is 7.09. The molecular formula is C11H10BrNO2. The summed E-state index contributed by atoms with van der Waals surface area (Å²) >= 11 is 3.44. The van der Waals surface area contributed by atoms with Gasteiger partial charge in [0.1, 0.15) is 0 Å². The van der Waals surface area contributed by atoms with E-state index in [0.717, 1.165) is 20.9 Å². The molecule has 0 saturated heterocycles. The Morgan fingerprint density at radius 1 is 1.53 bits per heavy atom. The summed E-state index contributed by atoms with van der Waals surface area (Å²) in [6.45, 7) is 0. The highest BCUT2D eigenvalue weighted by Crippen LogP contribution is 2.28. The van der Waals surface area contributed by atoms with Crippen molar-refractivity contribution in [1.29, 1.82) is 0 Å². The molecule has 0 unspecified atom stereocenters. The molecule has 1 N–H and O–H groups in total. The molecule has 4 heteroatoms. The van der Waals surface area contributed by atoms with Crippen molar-refractivity contribution in [2.75, 3.05) is 0 Å². The molecule has 2 aromatic rings. The molecule has 0 amide bonds. The quantitative estimate of drug-likeness (QED) is 0.909. The van der Waals surface area contributed by atoms with Gasteiger partial charge >= 0.3 is 5.97 Å². The van der Waals surface area contributed by atoms with Gasteiger partial charge in [-0.15, -0.1) is 0 Å². The summed E-state index contributed by atoms with van der Waals surface area (Å²) in [6, 6.07) is 5.71. The summed E-state index contributed by atoms with van der Waals surface area (Å²) in [6.07, 6.45) is 2.00. The zero-order valence-corrected chi connectivity index (χ0v) is 9.78. The van der Waals surface area contributed by atoms with Gasteiger partial charge in [-0.1, -0.05) is 12.1 Å². The second-order valence-corrected chi connectivity index (χ2v) is 4.32. The molecule has 0 saturated carbocycles. The molecule has 0 fully saturated rings. The van der Waals surface area contributed by atoms with Crippen LogP contribution in [-0.2, 0) is 18.3 Å². The summed E-state index contributed by atoms with van der Waals surface area (Å²) in [7, 11) is 1.94. The Morgan fingerprint density at radius 3 is 2.93 bits per heavy atom. The van der Waals surface area contributed by atoms with Crippen molar-refractivity contribution >= 4 is 32.8 Å². The monoisotopic (exact) mass is 267 g/mol. The summed E-state index contributed by atoms with van der Waals surface area (Å²) in [4.78, 5) is 10.7. The maximum atomic E-state index is 10.7. The van der Waals surface area contributed by atoms with Gasteiger partial charge in [0.05, 0.1) is 6.42 Å². The molecule has 0 radical (unpaired) electrons. The largest absolute Gasteiger partial charge is 0.481 e. The summed E-state index contributed by atoms with van der Waals surface area (Å²) < 4.78 is 2.92. The molecule has 15 heavy (non-hydrogen) atoms. The van der Waals surface area contributed by atoms with Crippen LogP contribution in [0.1, 0.15) is 5.56 Å². The van der Waals surface area contributed by atoms with E-state index in [0.29, 0.717) is 0 Å². The Bertz CT molecular complexity index is 531. The number of aromatic nitrogens is 1. The van der Waals surface area contributed by atoms with Gasteiger partial charge in [0, 0.05) is 28.6 Å². The highest BCUT2D eigenvalue weighted by Gasteiger charge is 2.10. The second kappa shape index (κ2) is 3.70. The number of carboxylic acids is 1. The van der Waals surface area contributed by atoms with Crippen molar-refractivity contribution < 1.29 is 9.90 Å². The van der Waals surface area contributed by atoms with E-state index >= 15 is 0 Å². The van der Waals surface area contributed by atoms with Gasteiger partial charge in [0.25, 0.3) is 0 Å². The third-order valence-corrected chi connectivity index (χ3v) is 3.00. The predicted molar refractivity (Wildman–Crippen MR) is 62.0 cm³/mol. The number of nitrogens with zero attached hydrogens (tertiary/aromatic N) is 1. The van der Waals surface area contributed by atoms with E-state index in [-0.39, 0.29) is 6.42 Å². The molecular weight excluding hydrogens is 258 g/mol. The molecule has 1 aromatic carbocycles. The van der Waals surface area contributed by atoms with Crippen LogP contribution in [0.4, 0.5) is 0 Å². The maximum absolute atomic E-state index is 10.7. The molecule has 3 nitrogen and oxygen atoms in total. The van der Waals surface area contributed by atoms with Crippen molar-refractivity contribution in [2.45, 2.75) is 6.42 Å². The third kappa shape index (κ3) is 1.77. The molecule has 0 aliphatic carbocycles. The van der Waals surface area contributed by atoms with Gasteiger partial charge in [-0.3, -0.25) is 4.79 Å². The lowest BCUT2D eigenvalue weighted by molar-refractivity contribution is -0.136. The Balaban J connectivity index is 2.69. The van der Waals surface area contributed by atoms with Crippen molar-refractivity contribution in [3.8, 4) is 0 Å². The lowest BCUT2D eigenvalue weighted by Gasteiger charge is -2.01. The smallest absolute Gasteiger partial charge is 0.307 e. The summed E-state index contributed by atoms with van der Waals surface area (Å²) in [5.74, 6) is -0.807. The number of hydrogen-bond donors (Lipinski definition) is 1. The van der Waals surface area contributed by atoms with E-state index in [4.69, 9.17) is 5.11 Å². The van der Waals surface area contributed by atoms with Crippen LogP contribution in [-0.4, -0.2) is 15.6 Å². The van der Waals surface area contributed by atoms with E-state index < -0.39 is 5.97 Å². The Labute approximate surface area is 95.5 Å². The number of fused-ring (bicyclic) bond motifs is 1. The number of halogens is 1. The minimum absolute atomic E-state index is 0.0555. The topological polar surface area (TPSA) is 42.2 Å². The molecule has 0 spiro atoms. The summed E-state index contributed by atoms with van der Waals surface area (Å²) in [5.41, 5.74) is 1.88. The van der Waals surface area contributed by atoms with Crippen molar-refractivity contribution in [3.05, 3.63) is 34.4 Å². The molecule has 1 heterocycles. The third-order valence-electron chi connectivity index (χ3n) is 2.40. The lowest BCUT2D eigenvalue weighted by Crippen LogP contribution is -2.00. The van der Waals surface area contributed by atoms with Crippen LogP contribution in [0.2, 0.25) is 0 Å². The van der Waals surface area contributed by atoms with Gasteiger partial charge < -0.3 is 9.67 Å². The first kappa shape index (κ1) is 10.2. The van der Waals surface area contributed by atoms with Crippen LogP contribution < -0.4 is 0 Å². The fraction of sp³-hybridized carbons (Fsp3) is 0.182. The normalized spacial score (nSPS) is 10.8. The Hall–Kier alpha value is -1.29. The molecule has 0 aliphatic rings. The Morgan fingerprint density at radius 2 is 2.27 bits per heavy atom. The first-order valence-electron chi connectivity index (χ1n) is 4.54. The zero-order chi connectivity index (χ0) is 11.0. The van der Waals surface area contributed by atoms with Gasteiger partial charge in [0.15, 0.2) is 0 Å². The van der Waals surface area contributed by atoms with Crippen molar-refractivity contribution in [3.63, 3.8) is 0 Å².